The number of unbranched alkanes of at least 4 members (excludes halogenated alkanes) is 1. The number of pyridine rings is 1. The van der Waals surface area contributed by atoms with E-state index in [1.807, 2.05) is 50.2 Å². The molecule has 0 saturated heterocycles. The number of Topliss-reactive ketones (excluding diaryl/α,β-unsaturated/α-hetero) is 1. The van der Waals surface area contributed by atoms with Gasteiger partial charge in [-0.3, -0.25) is 4.79 Å². The second kappa shape index (κ2) is 6.48. The first-order chi connectivity index (χ1) is 10.0. The van der Waals surface area contributed by atoms with E-state index in [-0.39, 0.29) is 5.78 Å². The average molecular weight is 284 g/mol. The summed E-state index contributed by atoms with van der Waals surface area (Å²) in [5.74, 6) is -0.0108. The van der Waals surface area contributed by atoms with Crippen molar-refractivity contribution < 1.29 is 9.59 Å². The predicted octanol–water partition coefficient (Wildman–Crippen LogP) is 3.16. The topological polar surface area (TPSA) is 50.3 Å². The fraction of sp³-hybridized carbons (Fsp3) is 0.353. The number of aldehydes is 1. The Morgan fingerprint density at radius 1 is 1.33 bits per heavy atom. The van der Waals surface area contributed by atoms with Crippen molar-refractivity contribution in [2.24, 2.45) is 0 Å². The number of anilines is 1. The van der Waals surface area contributed by atoms with Gasteiger partial charge in [0, 0.05) is 38.0 Å². The van der Waals surface area contributed by atoms with Crippen LogP contribution in [0.15, 0.2) is 24.3 Å². The molecule has 2 aromatic rings. The predicted molar refractivity (Wildman–Crippen MR) is 85.1 cm³/mol. The van der Waals surface area contributed by atoms with Crippen molar-refractivity contribution in [2.75, 3.05) is 19.0 Å². The molecule has 0 aliphatic carbocycles. The fourth-order valence-electron chi connectivity index (χ4n) is 2.41. The molecule has 2 rings (SSSR count). The van der Waals surface area contributed by atoms with Crippen molar-refractivity contribution in [1.29, 1.82) is 0 Å². The van der Waals surface area contributed by atoms with Crippen LogP contribution in [0.25, 0.3) is 10.9 Å². The first-order valence-corrected chi connectivity index (χ1v) is 7.09. The molecule has 4 heteroatoms. The lowest BCUT2D eigenvalue weighted by atomic mass is 10.0. The summed E-state index contributed by atoms with van der Waals surface area (Å²) in [7, 11) is 3.92. The Bertz CT molecular complexity index is 678. The number of hydrogen-bond donors (Lipinski definition) is 0. The molecular formula is C17H20N2O2. The molecular weight excluding hydrogens is 264 g/mol. The van der Waals surface area contributed by atoms with E-state index in [1.165, 1.54) is 0 Å². The van der Waals surface area contributed by atoms with Gasteiger partial charge in [-0.25, -0.2) is 4.98 Å². The maximum atomic E-state index is 12.2. The first kappa shape index (κ1) is 15.2. The molecule has 0 radical (unpaired) electrons. The highest BCUT2D eigenvalue weighted by Gasteiger charge is 2.14. The van der Waals surface area contributed by atoms with Gasteiger partial charge < -0.3 is 9.69 Å². The Kier molecular flexibility index (Phi) is 4.68. The van der Waals surface area contributed by atoms with E-state index < -0.39 is 0 Å². The number of carbonyl (C=O) groups is 2. The van der Waals surface area contributed by atoms with Crippen molar-refractivity contribution >= 4 is 28.7 Å². The van der Waals surface area contributed by atoms with E-state index in [9.17, 15) is 9.59 Å². The van der Waals surface area contributed by atoms with E-state index in [0.29, 0.717) is 25.0 Å². The van der Waals surface area contributed by atoms with Gasteiger partial charge in [-0.2, -0.15) is 0 Å². The van der Waals surface area contributed by atoms with Crippen LogP contribution in [0.2, 0.25) is 0 Å². The number of hydrogen-bond acceptors (Lipinski definition) is 4. The molecule has 1 heterocycles. The second-order valence-corrected chi connectivity index (χ2v) is 5.37. The van der Waals surface area contributed by atoms with Gasteiger partial charge in [0.1, 0.15) is 12.0 Å². The van der Waals surface area contributed by atoms with Crippen molar-refractivity contribution in [3.63, 3.8) is 0 Å². The van der Waals surface area contributed by atoms with Crippen molar-refractivity contribution in [2.45, 2.75) is 26.2 Å². The van der Waals surface area contributed by atoms with E-state index in [0.717, 1.165) is 28.4 Å². The van der Waals surface area contributed by atoms with Gasteiger partial charge in [0.15, 0.2) is 5.78 Å². The molecule has 1 aromatic carbocycles. The number of aryl methyl sites for hydroxylation is 1. The Morgan fingerprint density at radius 3 is 2.76 bits per heavy atom. The van der Waals surface area contributed by atoms with Gasteiger partial charge in [0.05, 0.1) is 5.52 Å². The van der Waals surface area contributed by atoms with Crippen LogP contribution in [0.1, 0.15) is 35.3 Å². The van der Waals surface area contributed by atoms with Gasteiger partial charge in [-0.15, -0.1) is 0 Å². The minimum Gasteiger partial charge on any atom is -0.377 e. The van der Waals surface area contributed by atoms with Crippen molar-refractivity contribution in [3.8, 4) is 0 Å². The first-order valence-electron chi connectivity index (χ1n) is 7.09. The molecule has 0 atom stereocenters. The smallest absolute Gasteiger partial charge is 0.181 e. The minimum atomic E-state index is -0.0108. The zero-order valence-electron chi connectivity index (χ0n) is 12.7. The zero-order chi connectivity index (χ0) is 15.4. The van der Waals surface area contributed by atoms with Crippen LogP contribution in [-0.4, -0.2) is 31.1 Å². The molecule has 110 valence electrons. The summed E-state index contributed by atoms with van der Waals surface area (Å²) in [6.45, 7) is 2.04. The maximum Gasteiger partial charge on any atom is 0.181 e. The number of rotatable bonds is 6. The number of ketones is 1. The van der Waals surface area contributed by atoms with E-state index >= 15 is 0 Å². The molecule has 0 N–H and O–H groups in total. The van der Waals surface area contributed by atoms with Crippen molar-refractivity contribution in [1.82, 2.24) is 4.98 Å². The third kappa shape index (κ3) is 3.27. The molecule has 0 unspecified atom stereocenters. The number of carbonyl (C=O) groups excluding carboxylic acids is 2. The molecule has 21 heavy (non-hydrogen) atoms. The third-order valence-corrected chi connectivity index (χ3v) is 3.51. The van der Waals surface area contributed by atoms with Gasteiger partial charge in [-0.05, 0) is 31.0 Å². The Hall–Kier alpha value is -2.23. The Morgan fingerprint density at radius 2 is 2.10 bits per heavy atom. The standard InChI is InChI=1S/C17H20N2O2/c1-12-7-6-8-13-17(12)15(19(2)3)11-14(18-13)16(21)9-4-5-10-20/h6-8,10-11H,4-5,9H2,1-3H3. The highest BCUT2D eigenvalue weighted by Crippen LogP contribution is 2.28. The number of benzene rings is 1. The van der Waals surface area contributed by atoms with Gasteiger partial charge in [0.2, 0.25) is 0 Å². The number of fused-ring (bicyclic) bond motifs is 1. The summed E-state index contributed by atoms with van der Waals surface area (Å²) in [5.41, 5.74) is 3.45. The van der Waals surface area contributed by atoms with Crippen molar-refractivity contribution in [3.05, 3.63) is 35.5 Å². The molecule has 0 fully saturated rings. The van der Waals surface area contributed by atoms with Crippen LogP contribution in [0.4, 0.5) is 5.69 Å². The van der Waals surface area contributed by atoms with Crippen LogP contribution >= 0.6 is 0 Å². The highest BCUT2D eigenvalue weighted by atomic mass is 16.1. The van der Waals surface area contributed by atoms with E-state index in [4.69, 9.17) is 0 Å². The van der Waals surface area contributed by atoms with Crippen LogP contribution < -0.4 is 4.90 Å². The minimum absolute atomic E-state index is 0.0108. The summed E-state index contributed by atoms with van der Waals surface area (Å²) >= 11 is 0. The van der Waals surface area contributed by atoms with Crippen LogP contribution in [0.5, 0.6) is 0 Å². The molecule has 0 aliphatic rings. The second-order valence-electron chi connectivity index (χ2n) is 5.37. The molecule has 0 amide bonds. The summed E-state index contributed by atoms with van der Waals surface area (Å²) in [6, 6.07) is 7.77. The van der Waals surface area contributed by atoms with Gasteiger partial charge >= 0.3 is 0 Å². The lowest BCUT2D eigenvalue weighted by molar-refractivity contribution is -0.107. The quantitative estimate of drug-likeness (QED) is 0.464. The van der Waals surface area contributed by atoms with Crippen LogP contribution in [0, 0.1) is 6.92 Å². The Labute approximate surface area is 124 Å². The lowest BCUT2D eigenvalue weighted by Gasteiger charge is -2.18. The number of aromatic nitrogens is 1. The van der Waals surface area contributed by atoms with E-state index in [1.54, 1.807) is 0 Å². The molecule has 0 saturated carbocycles. The third-order valence-electron chi connectivity index (χ3n) is 3.51. The molecule has 4 nitrogen and oxygen atoms in total. The lowest BCUT2D eigenvalue weighted by Crippen LogP contribution is -2.12. The summed E-state index contributed by atoms with van der Waals surface area (Å²) in [5, 5.41) is 1.08. The summed E-state index contributed by atoms with van der Waals surface area (Å²) < 4.78 is 0. The molecule has 0 aliphatic heterocycles. The molecule has 0 spiro atoms. The summed E-state index contributed by atoms with van der Waals surface area (Å²) in [4.78, 5) is 29.1. The van der Waals surface area contributed by atoms with Crippen LogP contribution in [0.3, 0.4) is 0 Å². The zero-order valence-corrected chi connectivity index (χ0v) is 12.7. The molecule has 1 aromatic heterocycles. The average Bonchev–Trinajstić information content (AvgIpc) is 2.46. The molecule has 0 bridgehead atoms. The largest absolute Gasteiger partial charge is 0.377 e. The maximum absolute atomic E-state index is 12.2. The number of nitrogens with zero attached hydrogens (tertiary/aromatic N) is 2. The Balaban J connectivity index is 2.47. The van der Waals surface area contributed by atoms with E-state index in [2.05, 4.69) is 4.98 Å². The monoisotopic (exact) mass is 284 g/mol. The fourth-order valence-corrected chi connectivity index (χ4v) is 2.41. The van der Waals surface area contributed by atoms with Gasteiger partial charge in [0.25, 0.3) is 0 Å². The van der Waals surface area contributed by atoms with Gasteiger partial charge in [-0.1, -0.05) is 12.1 Å². The van der Waals surface area contributed by atoms with Crippen LogP contribution in [-0.2, 0) is 4.79 Å². The summed E-state index contributed by atoms with van der Waals surface area (Å²) in [6.07, 6.45) is 2.19. The highest BCUT2D eigenvalue weighted by molar-refractivity contribution is 6.02. The SMILES string of the molecule is Cc1cccc2nc(C(=O)CCCC=O)cc(N(C)C)c12. The normalized spacial score (nSPS) is 10.6.